The standard InChI is InChI=1S/C14H14O4/c1-14(16,10-6-4-3-5-7-10)12-9-8-11(18-12)13(15)17-2/h3-9,16H,1-2H3. The molecule has 18 heavy (non-hydrogen) atoms. The number of rotatable bonds is 3. The summed E-state index contributed by atoms with van der Waals surface area (Å²) in [7, 11) is 1.28. The number of hydrogen-bond donors (Lipinski definition) is 1. The fraction of sp³-hybridized carbons (Fsp3) is 0.214. The van der Waals surface area contributed by atoms with Gasteiger partial charge in [-0.25, -0.2) is 4.79 Å². The summed E-state index contributed by atoms with van der Waals surface area (Å²) in [4.78, 5) is 11.3. The van der Waals surface area contributed by atoms with Gasteiger partial charge in [0.05, 0.1) is 7.11 Å². The average molecular weight is 246 g/mol. The normalized spacial score (nSPS) is 13.9. The van der Waals surface area contributed by atoms with E-state index in [-0.39, 0.29) is 5.76 Å². The van der Waals surface area contributed by atoms with E-state index in [1.165, 1.54) is 13.2 Å². The van der Waals surface area contributed by atoms with Gasteiger partial charge in [0.15, 0.2) is 0 Å². The van der Waals surface area contributed by atoms with Crippen molar-refractivity contribution in [3.05, 3.63) is 59.5 Å². The third-order valence-corrected chi connectivity index (χ3v) is 2.81. The fourth-order valence-electron chi connectivity index (χ4n) is 1.71. The van der Waals surface area contributed by atoms with Crippen LogP contribution < -0.4 is 0 Å². The third kappa shape index (κ3) is 2.15. The van der Waals surface area contributed by atoms with Gasteiger partial charge < -0.3 is 14.3 Å². The Bertz CT molecular complexity index is 540. The highest BCUT2D eigenvalue weighted by atomic mass is 16.5. The first kappa shape index (κ1) is 12.4. The molecule has 2 rings (SSSR count). The van der Waals surface area contributed by atoms with Crippen molar-refractivity contribution < 1.29 is 19.1 Å². The number of hydrogen-bond acceptors (Lipinski definition) is 4. The number of aliphatic hydroxyl groups is 1. The summed E-state index contributed by atoms with van der Waals surface area (Å²) in [6.07, 6.45) is 0. The molecule has 0 bridgehead atoms. The lowest BCUT2D eigenvalue weighted by Gasteiger charge is -2.21. The Hall–Kier alpha value is -2.07. The molecule has 0 radical (unpaired) electrons. The van der Waals surface area contributed by atoms with Crippen LogP contribution >= 0.6 is 0 Å². The molecule has 1 N–H and O–H groups in total. The van der Waals surface area contributed by atoms with Gasteiger partial charge >= 0.3 is 5.97 Å². The molecule has 0 fully saturated rings. The number of carbonyl (C=O) groups is 1. The van der Waals surface area contributed by atoms with E-state index in [1.54, 1.807) is 25.1 Å². The highest BCUT2D eigenvalue weighted by Crippen LogP contribution is 2.30. The van der Waals surface area contributed by atoms with Crippen molar-refractivity contribution in [2.75, 3.05) is 7.11 Å². The molecular formula is C14H14O4. The van der Waals surface area contributed by atoms with Crippen LogP contribution in [0.5, 0.6) is 0 Å². The molecular weight excluding hydrogens is 232 g/mol. The van der Waals surface area contributed by atoms with Crippen LogP contribution in [0.1, 0.15) is 28.8 Å². The van der Waals surface area contributed by atoms with Crippen molar-refractivity contribution in [1.29, 1.82) is 0 Å². The van der Waals surface area contributed by atoms with E-state index in [4.69, 9.17) is 4.42 Å². The molecule has 2 aromatic rings. The van der Waals surface area contributed by atoms with E-state index in [2.05, 4.69) is 4.74 Å². The van der Waals surface area contributed by atoms with Gasteiger partial charge in [0.1, 0.15) is 11.4 Å². The van der Waals surface area contributed by atoms with Crippen molar-refractivity contribution in [2.24, 2.45) is 0 Å². The molecule has 1 unspecified atom stereocenters. The van der Waals surface area contributed by atoms with Crippen LogP contribution in [0.15, 0.2) is 46.9 Å². The van der Waals surface area contributed by atoms with Crippen LogP contribution in [-0.2, 0) is 10.3 Å². The summed E-state index contributed by atoms with van der Waals surface area (Å²) in [6.45, 7) is 1.61. The molecule has 1 atom stereocenters. The van der Waals surface area contributed by atoms with Gasteiger partial charge in [0.25, 0.3) is 0 Å². The van der Waals surface area contributed by atoms with Crippen molar-refractivity contribution in [2.45, 2.75) is 12.5 Å². The highest BCUT2D eigenvalue weighted by Gasteiger charge is 2.30. The lowest BCUT2D eigenvalue weighted by Crippen LogP contribution is -2.21. The highest BCUT2D eigenvalue weighted by molar-refractivity contribution is 5.86. The topological polar surface area (TPSA) is 59.7 Å². The van der Waals surface area contributed by atoms with Crippen LogP contribution in [0.3, 0.4) is 0 Å². The van der Waals surface area contributed by atoms with Gasteiger partial charge in [0, 0.05) is 0 Å². The Morgan fingerprint density at radius 1 is 1.22 bits per heavy atom. The third-order valence-electron chi connectivity index (χ3n) is 2.81. The molecule has 0 aliphatic heterocycles. The summed E-state index contributed by atoms with van der Waals surface area (Å²) in [5.41, 5.74) is -0.594. The van der Waals surface area contributed by atoms with Crippen molar-refractivity contribution in [3.63, 3.8) is 0 Å². The largest absolute Gasteiger partial charge is 0.463 e. The average Bonchev–Trinajstić information content (AvgIpc) is 2.89. The number of ether oxygens (including phenoxy) is 1. The minimum Gasteiger partial charge on any atom is -0.463 e. The summed E-state index contributed by atoms with van der Waals surface area (Å²) < 4.78 is 9.88. The van der Waals surface area contributed by atoms with Gasteiger partial charge in [0.2, 0.25) is 5.76 Å². The van der Waals surface area contributed by atoms with E-state index in [0.717, 1.165) is 0 Å². The van der Waals surface area contributed by atoms with Crippen molar-refractivity contribution in [3.8, 4) is 0 Å². The molecule has 4 nitrogen and oxygen atoms in total. The van der Waals surface area contributed by atoms with Gasteiger partial charge in [-0.05, 0) is 24.6 Å². The quantitative estimate of drug-likeness (QED) is 0.844. The summed E-state index contributed by atoms with van der Waals surface area (Å²) >= 11 is 0. The fourth-order valence-corrected chi connectivity index (χ4v) is 1.71. The summed E-state index contributed by atoms with van der Waals surface area (Å²) in [5, 5.41) is 10.5. The Morgan fingerprint density at radius 2 is 1.89 bits per heavy atom. The van der Waals surface area contributed by atoms with Gasteiger partial charge in [-0.3, -0.25) is 0 Å². The molecule has 0 aliphatic carbocycles. The van der Waals surface area contributed by atoms with E-state index >= 15 is 0 Å². The zero-order valence-corrected chi connectivity index (χ0v) is 10.2. The maximum atomic E-state index is 11.3. The smallest absolute Gasteiger partial charge is 0.373 e. The van der Waals surface area contributed by atoms with E-state index in [0.29, 0.717) is 11.3 Å². The monoisotopic (exact) mass is 246 g/mol. The van der Waals surface area contributed by atoms with E-state index in [9.17, 15) is 9.90 Å². The minimum atomic E-state index is -1.28. The van der Waals surface area contributed by atoms with Crippen LogP contribution in [0.25, 0.3) is 0 Å². The van der Waals surface area contributed by atoms with E-state index in [1.807, 2.05) is 18.2 Å². The molecule has 94 valence electrons. The Labute approximate surface area is 105 Å². The summed E-state index contributed by atoms with van der Waals surface area (Å²) in [5.74, 6) is -0.192. The first-order chi connectivity index (χ1) is 8.55. The Morgan fingerprint density at radius 3 is 2.50 bits per heavy atom. The predicted molar refractivity (Wildman–Crippen MR) is 65.2 cm³/mol. The van der Waals surface area contributed by atoms with Gasteiger partial charge in [-0.1, -0.05) is 30.3 Å². The first-order valence-electron chi connectivity index (χ1n) is 5.52. The van der Waals surface area contributed by atoms with Crippen LogP contribution in [0.4, 0.5) is 0 Å². The minimum absolute atomic E-state index is 0.0729. The number of carbonyl (C=O) groups excluding carboxylic acids is 1. The molecule has 0 amide bonds. The number of benzene rings is 1. The molecule has 0 saturated carbocycles. The molecule has 0 aliphatic rings. The van der Waals surface area contributed by atoms with Crippen LogP contribution in [-0.4, -0.2) is 18.2 Å². The Balaban J connectivity index is 2.36. The van der Waals surface area contributed by atoms with Gasteiger partial charge in [-0.15, -0.1) is 0 Å². The molecule has 0 saturated heterocycles. The van der Waals surface area contributed by atoms with Crippen molar-refractivity contribution in [1.82, 2.24) is 0 Å². The number of furan rings is 1. The Kier molecular flexibility index (Phi) is 3.21. The number of methoxy groups -OCH3 is 1. The number of esters is 1. The molecule has 1 aromatic carbocycles. The lowest BCUT2D eigenvalue weighted by atomic mass is 9.94. The zero-order chi connectivity index (χ0) is 13.2. The molecule has 1 aromatic heterocycles. The summed E-state index contributed by atoms with van der Waals surface area (Å²) in [6, 6.07) is 12.2. The SMILES string of the molecule is COC(=O)c1ccc(C(C)(O)c2ccccc2)o1. The second-order valence-corrected chi connectivity index (χ2v) is 4.09. The van der Waals surface area contributed by atoms with Crippen LogP contribution in [0, 0.1) is 0 Å². The van der Waals surface area contributed by atoms with Crippen molar-refractivity contribution >= 4 is 5.97 Å². The van der Waals surface area contributed by atoms with Gasteiger partial charge in [-0.2, -0.15) is 0 Å². The molecule has 0 spiro atoms. The maximum absolute atomic E-state index is 11.3. The lowest BCUT2D eigenvalue weighted by molar-refractivity contribution is 0.0522. The second kappa shape index (κ2) is 4.66. The molecule has 4 heteroatoms. The predicted octanol–water partition coefficient (Wildman–Crippen LogP) is 2.32. The second-order valence-electron chi connectivity index (χ2n) is 4.09. The first-order valence-corrected chi connectivity index (χ1v) is 5.52. The van der Waals surface area contributed by atoms with E-state index < -0.39 is 11.6 Å². The maximum Gasteiger partial charge on any atom is 0.373 e. The molecule has 1 heterocycles. The zero-order valence-electron chi connectivity index (χ0n) is 10.2. The van der Waals surface area contributed by atoms with Crippen LogP contribution in [0.2, 0.25) is 0 Å².